The molecule has 0 radical (unpaired) electrons. The zero-order valence-corrected chi connectivity index (χ0v) is 9.86. The smallest absolute Gasteiger partial charge is 0.311 e. The number of carboxylic acids is 1. The van der Waals surface area contributed by atoms with Gasteiger partial charge in [0.05, 0.1) is 5.92 Å². The van der Waals surface area contributed by atoms with Crippen LogP contribution < -0.4 is 0 Å². The summed E-state index contributed by atoms with van der Waals surface area (Å²) in [5.74, 6) is -1.24. The van der Waals surface area contributed by atoms with Crippen molar-refractivity contribution < 1.29 is 9.90 Å². The molecule has 1 aromatic rings. The fraction of sp³-hybridized carbons (Fsp3) is 0.357. The molecule has 0 saturated heterocycles. The third-order valence-corrected chi connectivity index (χ3v) is 2.74. The van der Waals surface area contributed by atoms with Gasteiger partial charge in [0.1, 0.15) is 0 Å². The number of benzene rings is 1. The highest BCUT2D eigenvalue weighted by molar-refractivity contribution is 5.76. The van der Waals surface area contributed by atoms with Crippen LogP contribution >= 0.6 is 0 Å². The van der Waals surface area contributed by atoms with Crippen molar-refractivity contribution in [1.82, 2.24) is 0 Å². The van der Waals surface area contributed by atoms with Gasteiger partial charge in [-0.15, -0.1) is 0 Å². The standard InChI is InChI=1S/C14H18O2/c1-4-10(2)9-13(14(15)16)12-7-5-6-11(3)8-12/h5-8,13H,2,4,9H2,1,3H3,(H,15,16). The lowest BCUT2D eigenvalue weighted by molar-refractivity contribution is -0.138. The maximum Gasteiger partial charge on any atom is 0.311 e. The molecule has 2 heteroatoms. The molecule has 0 aliphatic carbocycles. The maximum absolute atomic E-state index is 11.2. The summed E-state index contributed by atoms with van der Waals surface area (Å²) in [5.41, 5.74) is 2.93. The molecule has 0 bridgehead atoms. The molecule has 1 N–H and O–H groups in total. The summed E-state index contributed by atoms with van der Waals surface area (Å²) in [4.78, 5) is 11.2. The molecule has 0 aromatic heterocycles. The summed E-state index contributed by atoms with van der Waals surface area (Å²) in [5, 5.41) is 9.22. The summed E-state index contributed by atoms with van der Waals surface area (Å²) in [6.45, 7) is 7.85. The molecular weight excluding hydrogens is 200 g/mol. The first-order chi connectivity index (χ1) is 7.54. The Morgan fingerprint density at radius 2 is 2.19 bits per heavy atom. The minimum absolute atomic E-state index is 0.465. The Balaban J connectivity index is 2.94. The number of allylic oxidation sites excluding steroid dienone is 1. The number of carboxylic acid groups (broad SMARTS) is 1. The first-order valence-corrected chi connectivity index (χ1v) is 5.50. The SMILES string of the molecule is C=C(CC)CC(C(=O)O)c1cccc(C)c1. The zero-order valence-electron chi connectivity index (χ0n) is 9.86. The predicted octanol–water partition coefficient (Wildman–Crippen LogP) is 3.52. The van der Waals surface area contributed by atoms with Crippen molar-refractivity contribution in [1.29, 1.82) is 0 Å². The van der Waals surface area contributed by atoms with E-state index in [2.05, 4.69) is 6.58 Å². The summed E-state index contributed by atoms with van der Waals surface area (Å²) in [6.07, 6.45) is 1.35. The van der Waals surface area contributed by atoms with Crippen molar-refractivity contribution in [2.75, 3.05) is 0 Å². The molecule has 0 heterocycles. The average molecular weight is 218 g/mol. The van der Waals surface area contributed by atoms with E-state index in [1.807, 2.05) is 38.1 Å². The number of hydrogen-bond donors (Lipinski definition) is 1. The minimum Gasteiger partial charge on any atom is -0.481 e. The lowest BCUT2D eigenvalue weighted by Crippen LogP contribution is -2.12. The molecule has 1 unspecified atom stereocenters. The highest BCUT2D eigenvalue weighted by atomic mass is 16.4. The molecule has 16 heavy (non-hydrogen) atoms. The van der Waals surface area contributed by atoms with Crippen molar-refractivity contribution >= 4 is 5.97 Å². The van der Waals surface area contributed by atoms with E-state index in [1.165, 1.54) is 0 Å². The zero-order chi connectivity index (χ0) is 12.1. The highest BCUT2D eigenvalue weighted by Crippen LogP contribution is 2.25. The number of hydrogen-bond acceptors (Lipinski definition) is 1. The van der Waals surface area contributed by atoms with E-state index in [9.17, 15) is 9.90 Å². The molecule has 1 aromatic carbocycles. The number of rotatable bonds is 5. The third-order valence-electron chi connectivity index (χ3n) is 2.74. The maximum atomic E-state index is 11.2. The van der Waals surface area contributed by atoms with Gasteiger partial charge in [0.2, 0.25) is 0 Å². The van der Waals surface area contributed by atoms with Gasteiger partial charge in [0, 0.05) is 0 Å². The molecule has 1 atom stereocenters. The van der Waals surface area contributed by atoms with Crippen molar-refractivity contribution in [3.63, 3.8) is 0 Å². The van der Waals surface area contributed by atoms with Gasteiger partial charge < -0.3 is 5.11 Å². The van der Waals surface area contributed by atoms with Crippen molar-refractivity contribution in [3.8, 4) is 0 Å². The van der Waals surface area contributed by atoms with Crippen LogP contribution in [-0.2, 0) is 4.79 Å². The van der Waals surface area contributed by atoms with Gasteiger partial charge in [0.15, 0.2) is 0 Å². The lowest BCUT2D eigenvalue weighted by Gasteiger charge is -2.14. The Hall–Kier alpha value is -1.57. The quantitative estimate of drug-likeness (QED) is 0.768. The number of aryl methyl sites for hydroxylation is 1. The predicted molar refractivity (Wildman–Crippen MR) is 65.6 cm³/mol. The Labute approximate surface area is 96.6 Å². The molecular formula is C14H18O2. The largest absolute Gasteiger partial charge is 0.481 e. The Bertz CT molecular complexity index is 393. The van der Waals surface area contributed by atoms with Crippen LogP contribution in [0, 0.1) is 6.92 Å². The molecule has 2 nitrogen and oxygen atoms in total. The first-order valence-electron chi connectivity index (χ1n) is 5.50. The van der Waals surface area contributed by atoms with Gasteiger partial charge in [0.25, 0.3) is 0 Å². The van der Waals surface area contributed by atoms with Crippen LogP contribution in [0.4, 0.5) is 0 Å². The molecule has 0 fully saturated rings. The van der Waals surface area contributed by atoms with E-state index in [-0.39, 0.29) is 0 Å². The molecule has 1 rings (SSSR count). The van der Waals surface area contributed by atoms with E-state index in [0.717, 1.165) is 23.1 Å². The fourth-order valence-corrected chi connectivity index (χ4v) is 1.67. The second-order valence-electron chi connectivity index (χ2n) is 4.11. The molecule has 0 aliphatic heterocycles. The summed E-state index contributed by atoms with van der Waals surface area (Å²) in [7, 11) is 0. The summed E-state index contributed by atoms with van der Waals surface area (Å²) in [6, 6.07) is 7.67. The number of carbonyl (C=O) groups is 1. The number of aliphatic carboxylic acids is 1. The van der Waals surface area contributed by atoms with E-state index in [4.69, 9.17) is 0 Å². The second-order valence-corrected chi connectivity index (χ2v) is 4.11. The van der Waals surface area contributed by atoms with Crippen LogP contribution in [-0.4, -0.2) is 11.1 Å². The van der Waals surface area contributed by atoms with Crippen LogP contribution in [0.15, 0.2) is 36.4 Å². The highest BCUT2D eigenvalue weighted by Gasteiger charge is 2.20. The average Bonchev–Trinajstić information content (AvgIpc) is 2.25. The first kappa shape index (κ1) is 12.5. The van der Waals surface area contributed by atoms with Gasteiger partial charge in [-0.2, -0.15) is 0 Å². The monoisotopic (exact) mass is 218 g/mol. The van der Waals surface area contributed by atoms with Gasteiger partial charge >= 0.3 is 5.97 Å². The Morgan fingerprint density at radius 1 is 1.50 bits per heavy atom. The minimum atomic E-state index is -0.778. The third kappa shape index (κ3) is 3.23. The van der Waals surface area contributed by atoms with Crippen LogP contribution in [0.2, 0.25) is 0 Å². The van der Waals surface area contributed by atoms with Crippen molar-refractivity contribution in [2.45, 2.75) is 32.6 Å². The second kappa shape index (κ2) is 5.50. The van der Waals surface area contributed by atoms with Crippen LogP contribution in [0.25, 0.3) is 0 Å². The Morgan fingerprint density at radius 3 is 2.69 bits per heavy atom. The molecule has 0 saturated carbocycles. The van der Waals surface area contributed by atoms with Gasteiger partial charge in [-0.1, -0.05) is 48.9 Å². The molecule has 0 amide bonds. The molecule has 0 aliphatic rings. The van der Waals surface area contributed by atoms with Gasteiger partial charge in [-0.05, 0) is 25.3 Å². The van der Waals surface area contributed by atoms with E-state index in [0.29, 0.717) is 6.42 Å². The van der Waals surface area contributed by atoms with Crippen LogP contribution in [0.3, 0.4) is 0 Å². The molecule has 0 spiro atoms. The van der Waals surface area contributed by atoms with E-state index in [1.54, 1.807) is 0 Å². The molecule has 86 valence electrons. The topological polar surface area (TPSA) is 37.3 Å². The van der Waals surface area contributed by atoms with Crippen molar-refractivity contribution in [3.05, 3.63) is 47.5 Å². The normalized spacial score (nSPS) is 12.1. The van der Waals surface area contributed by atoms with Gasteiger partial charge in [-0.3, -0.25) is 4.79 Å². The van der Waals surface area contributed by atoms with Gasteiger partial charge in [-0.25, -0.2) is 0 Å². The summed E-state index contributed by atoms with van der Waals surface area (Å²) < 4.78 is 0. The Kier molecular flexibility index (Phi) is 4.29. The summed E-state index contributed by atoms with van der Waals surface area (Å²) >= 11 is 0. The van der Waals surface area contributed by atoms with E-state index < -0.39 is 11.9 Å². The van der Waals surface area contributed by atoms with E-state index >= 15 is 0 Å². The van der Waals surface area contributed by atoms with Crippen LogP contribution in [0.1, 0.15) is 36.8 Å². The van der Waals surface area contributed by atoms with Crippen molar-refractivity contribution in [2.24, 2.45) is 0 Å². The van der Waals surface area contributed by atoms with Crippen LogP contribution in [0.5, 0.6) is 0 Å². The lowest BCUT2D eigenvalue weighted by atomic mass is 9.91. The fourth-order valence-electron chi connectivity index (χ4n) is 1.67.